The zero-order valence-corrected chi connectivity index (χ0v) is 8.65. The van der Waals surface area contributed by atoms with Gasteiger partial charge < -0.3 is 9.84 Å². The number of hydrogen-bond acceptors (Lipinski definition) is 3. The van der Waals surface area contributed by atoms with Gasteiger partial charge in [0.05, 0.1) is 5.56 Å². The maximum Gasteiger partial charge on any atom is 0.153 e. The van der Waals surface area contributed by atoms with E-state index in [1.807, 2.05) is 0 Å². The molecule has 1 N–H and O–H groups in total. The highest BCUT2D eigenvalue weighted by Gasteiger charge is 2.06. The molecular weight excluding hydrogens is 192 g/mol. The first kappa shape index (κ1) is 11.3. The summed E-state index contributed by atoms with van der Waals surface area (Å²) in [5.41, 5.74) is -0.668. The van der Waals surface area contributed by atoms with Gasteiger partial charge in [-0.3, -0.25) is 4.79 Å². The molecule has 1 rings (SSSR count). The molecule has 1 aromatic rings. The van der Waals surface area contributed by atoms with E-state index in [0.29, 0.717) is 17.6 Å². The summed E-state index contributed by atoms with van der Waals surface area (Å²) in [5, 5.41) is 9.30. The molecule has 0 fully saturated rings. The zero-order chi connectivity index (χ0) is 11.3. The van der Waals surface area contributed by atoms with E-state index in [2.05, 4.69) is 12.0 Å². The van der Waals surface area contributed by atoms with E-state index in [9.17, 15) is 9.90 Å². The number of hydrogen-bond donors (Lipinski definition) is 1. The summed E-state index contributed by atoms with van der Waals surface area (Å²) in [6.45, 7) is 3.10. The SMILES string of the molecule is CC(C)(O)C#COc1ccccc1C=O. The molecule has 0 unspecified atom stereocenters. The average molecular weight is 204 g/mol. The second-order valence-corrected chi connectivity index (χ2v) is 3.54. The van der Waals surface area contributed by atoms with Crippen LogP contribution in [0.4, 0.5) is 0 Å². The van der Waals surface area contributed by atoms with Crippen molar-refractivity contribution in [2.75, 3.05) is 0 Å². The van der Waals surface area contributed by atoms with Crippen molar-refractivity contribution in [2.45, 2.75) is 19.4 Å². The van der Waals surface area contributed by atoms with Gasteiger partial charge in [0.2, 0.25) is 0 Å². The van der Waals surface area contributed by atoms with E-state index in [0.717, 1.165) is 0 Å². The third-order valence-electron chi connectivity index (χ3n) is 1.56. The van der Waals surface area contributed by atoms with Crippen LogP contribution in [-0.2, 0) is 0 Å². The Morgan fingerprint density at radius 1 is 1.40 bits per heavy atom. The van der Waals surface area contributed by atoms with Crippen molar-refractivity contribution in [1.82, 2.24) is 0 Å². The highest BCUT2D eigenvalue weighted by molar-refractivity contribution is 5.79. The normalized spacial score (nSPS) is 10.1. The summed E-state index contributed by atoms with van der Waals surface area (Å²) < 4.78 is 5.05. The van der Waals surface area contributed by atoms with Crippen molar-refractivity contribution in [2.24, 2.45) is 0 Å². The van der Waals surface area contributed by atoms with Crippen LogP contribution in [0.1, 0.15) is 24.2 Å². The summed E-state index contributed by atoms with van der Waals surface area (Å²) >= 11 is 0. The molecule has 0 atom stereocenters. The number of ether oxygens (including phenoxy) is 1. The maximum absolute atomic E-state index is 10.6. The lowest BCUT2D eigenvalue weighted by molar-refractivity contribution is 0.112. The largest absolute Gasteiger partial charge is 0.407 e. The van der Waals surface area contributed by atoms with Gasteiger partial charge in [-0.25, -0.2) is 0 Å². The summed E-state index contributed by atoms with van der Waals surface area (Å²) in [6.07, 6.45) is 3.05. The highest BCUT2D eigenvalue weighted by Crippen LogP contribution is 2.14. The number of aldehydes is 1. The minimum atomic E-state index is -1.10. The van der Waals surface area contributed by atoms with Gasteiger partial charge in [-0.2, -0.15) is 0 Å². The molecule has 1 aromatic carbocycles. The molecule has 0 saturated heterocycles. The van der Waals surface area contributed by atoms with Crippen molar-refractivity contribution in [3.63, 3.8) is 0 Å². The van der Waals surface area contributed by atoms with Crippen molar-refractivity contribution in [3.05, 3.63) is 29.8 Å². The summed E-state index contributed by atoms with van der Waals surface area (Å²) in [5.74, 6) is 2.88. The van der Waals surface area contributed by atoms with E-state index in [1.54, 1.807) is 38.1 Å². The lowest BCUT2D eigenvalue weighted by Crippen LogP contribution is -2.14. The van der Waals surface area contributed by atoms with Crippen LogP contribution in [0.2, 0.25) is 0 Å². The minimum Gasteiger partial charge on any atom is -0.407 e. The molecule has 0 aromatic heterocycles. The smallest absolute Gasteiger partial charge is 0.153 e. The van der Waals surface area contributed by atoms with Gasteiger partial charge in [-0.15, -0.1) is 0 Å². The van der Waals surface area contributed by atoms with Crippen LogP contribution in [0.3, 0.4) is 0 Å². The van der Waals surface area contributed by atoms with Gasteiger partial charge in [0.15, 0.2) is 12.0 Å². The Morgan fingerprint density at radius 2 is 2.07 bits per heavy atom. The molecule has 78 valence electrons. The molecule has 0 amide bonds. The van der Waals surface area contributed by atoms with Crippen molar-refractivity contribution in [3.8, 4) is 17.8 Å². The van der Waals surface area contributed by atoms with E-state index in [-0.39, 0.29) is 0 Å². The van der Waals surface area contributed by atoms with Crippen LogP contribution < -0.4 is 4.74 Å². The first-order valence-electron chi connectivity index (χ1n) is 4.48. The standard InChI is InChI=1S/C12H12O3/c1-12(2,14)7-8-15-11-6-4-3-5-10(11)9-13/h3-6,9,14H,1-2H3. The van der Waals surface area contributed by atoms with Gasteiger partial charge >= 0.3 is 0 Å². The summed E-state index contributed by atoms with van der Waals surface area (Å²) in [4.78, 5) is 10.6. The molecule has 15 heavy (non-hydrogen) atoms. The third kappa shape index (κ3) is 3.84. The predicted octanol–water partition coefficient (Wildman–Crippen LogP) is 1.61. The van der Waals surface area contributed by atoms with E-state index >= 15 is 0 Å². The van der Waals surface area contributed by atoms with Crippen molar-refractivity contribution < 1.29 is 14.6 Å². The fourth-order valence-corrected chi connectivity index (χ4v) is 0.876. The van der Waals surface area contributed by atoms with Crippen LogP contribution >= 0.6 is 0 Å². The van der Waals surface area contributed by atoms with E-state index in [4.69, 9.17) is 4.74 Å². The van der Waals surface area contributed by atoms with Crippen LogP contribution in [0.15, 0.2) is 24.3 Å². The second-order valence-electron chi connectivity index (χ2n) is 3.54. The Morgan fingerprint density at radius 3 is 2.67 bits per heavy atom. The molecule has 0 radical (unpaired) electrons. The molecule has 3 heteroatoms. The van der Waals surface area contributed by atoms with Crippen LogP contribution in [0.5, 0.6) is 5.75 Å². The number of carbonyl (C=O) groups is 1. The van der Waals surface area contributed by atoms with Gasteiger partial charge in [-0.1, -0.05) is 12.1 Å². The second kappa shape index (κ2) is 4.63. The number of aliphatic hydroxyl groups is 1. The lowest BCUT2D eigenvalue weighted by atomic mass is 10.2. The first-order chi connectivity index (χ1) is 7.03. The van der Waals surface area contributed by atoms with Gasteiger partial charge in [0.25, 0.3) is 0 Å². The number of rotatable bonds is 2. The highest BCUT2D eigenvalue weighted by atomic mass is 16.5. The Hall–Kier alpha value is -1.79. The van der Waals surface area contributed by atoms with Crippen molar-refractivity contribution >= 4 is 6.29 Å². The molecule has 3 nitrogen and oxygen atoms in total. The van der Waals surface area contributed by atoms with Crippen LogP contribution in [0.25, 0.3) is 0 Å². The molecule has 0 aliphatic carbocycles. The number of para-hydroxylation sites is 1. The van der Waals surface area contributed by atoms with Crippen LogP contribution in [-0.4, -0.2) is 17.0 Å². The summed E-state index contributed by atoms with van der Waals surface area (Å²) in [7, 11) is 0. The maximum atomic E-state index is 10.6. The van der Waals surface area contributed by atoms with Gasteiger partial charge in [0.1, 0.15) is 11.7 Å². The Labute approximate surface area is 88.7 Å². The molecule has 0 heterocycles. The average Bonchev–Trinajstić information content (AvgIpc) is 2.16. The fraction of sp³-hybridized carbons (Fsp3) is 0.250. The molecule has 0 aliphatic heterocycles. The Bertz CT molecular complexity index is 405. The molecule has 0 aliphatic rings. The molecular formula is C12H12O3. The van der Waals surface area contributed by atoms with Crippen LogP contribution in [0, 0.1) is 12.0 Å². The monoisotopic (exact) mass is 204 g/mol. The van der Waals surface area contributed by atoms with E-state index in [1.165, 1.54) is 0 Å². The number of benzene rings is 1. The molecule has 0 spiro atoms. The zero-order valence-electron chi connectivity index (χ0n) is 8.65. The van der Waals surface area contributed by atoms with Crippen molar-refractivity contribution in [1.29, 1.82) is 0 Å². The predicted molar refractivity (Wildman–Crippen MR) is 56.5 cm³/mol. The Kier molecular flexibility index (Phi) is 3.48. The van der Waals surface area contributed by atoms with E-state index < -0.39 is 5.60 Å². The third-order valence-corrected chi connectivity index (χ3v) is 1.56. The fourth-order valence-electron chi connectivity index (χ4n) is 0.876. The Balaban J connectivity index is 2.80. The minimum absolute atomic E-state index is 0.393. The summed E-state index contributed by atoms with van der Waals surface area (Å²) in [6, 6.07) is 6.75. The first-order valence-corrected chi connectivity index (χ1v) is 4.48. The molecule has 0 bridgehead atoms. The quantitative estimate of drug-likeness (QED) is 0.588. The van der Waals surface area contributed by atoms with Gasteiger partial charge in [0, 0.05) is 0 Å². The molecule has 0 saturated carbocycles. The lowest BCUT2D eigenvalue weighted by Gasteiger charge is -2.06. The van der Waals surface area contributed by atoms with Gasteiger partial charge in [-0.05, 0) is 31.9 Å². The number of carbonyl (C=O) groups excluding carboxylic acids is 1. The topological polar surface area (TPSA) is 46.5 Å².